The number of ether oxygens (including phenoxy) is 3. The van der Waals surface area contributed by atoms with Crippen LogP contribution in [0.25, 0.3) is 20.8 Å². The van der Waals surface area contributed by atoms with Gasteiger partial charge < -0.3 is 30.0 Å². The Morgan fingerprint density at radius 3 is 2.51 bits per heavy atom. The van der Waals surface area contributed by atoms with Gasteiger partial charge in [0.15, 0.2) is 5.79 Å². The fourth-order valence-electron chi connectivity index (χ4n) is 5.54. The molecule has 4 atom stereocenters. The van der Waals surface area contributed by atoms with Crippen LogP contribution in [0.2, 0.25) is 0 Å². The van der Waals surface area contributed by atoms with Gasteiger partial charge in [0, 0.05) is 29.6 Å². The van der Waals surface area contributed by atoms with E-state index in [0.29, 0.717) is 29.6 Å². The van der Waals surface area contributed by atoms with Crippen LogP contribution in [0.4, 0.5) is 17.5 Å². The minimum Gasteiger partial charge on any atom is -0.480 e. The second-order valence-corrected chi connectivity index (χ2v) is 11.6. The molecule has 2 fully saturated rings. The summed E-state index contributed by atoms with van der Waals surface area (Å²) in [6, 6.07) is 11.7. The minimum atomic E-state index is -0.730. The van der Waals surface area contributed by atoms with Gasteiger partial charge in [-0.2, -0.15) is 9.97 Å². The second kappa shape index (κ2) is 9.98. The first kappa shape index (κ1) is 25.9. The van der Waals surface area contributed by atoms with Gasteiger partial charge in [0.25, 0.3) is 0 Å². The Balaban J connectivity index is 1.44. The number of aromatic nitrogens is 4. The summed E-state index contributed by atoms with van der Waals surface area (Å²) in [4.78, 5) is 19.0. The Morgan fingerprint density at radius 1 is 1.05 bits per heavy atom. The van der Waals surface area contributed by atoms with Crippen LogP contribution in [0.5, 0.6) is 5.88 Å². The van der Waals surface area contributed by atoms with Gasteiger partial charge in [-0.3, -0.25) is 4.98 Å². The van der Waals surface area contributed by atoms with Crippen LogP contribution >= 0.6 is 11.3 Å². The summed E-state index contributed by atoms with van der Waals surface area (Å²) in [5, 5.41) is 17.8. The number of anilines is 3. The third-order valence-electron chi connectivity index (χ3n) is 7.05. The number of fused-ring (bicyclic) bond motifs is 2. The van der Waals surface area contributed by atoms with Crippen LogP contribution in [0.1, 0.15) is 31.7 Å². The molecular formula is C28H32N6O4S. The van der Waals surface area contributed by atoms with Crippen molar-refractivity contribution in [1.29, 1.82) is 0 Å². The summed E-state index contributed by atoms with van der Waals surface area (Å²) < 4.78 is 19.3. The van der Waals surface area contributed by atoms with Crippen molar-refractivity contribution in [3.63, 3.8) is 0 Å². The van der Waals surface area contributed by atoms with Crippen LogP contribution in [-0.2, 0) is 9.47 Å². The number of pyridine rings is 1. The monoisotopic (exact) mass is 548 g/mol. The standard InChI is InChI=1S/C28H32N6O4S/c1-14-10-17(11-15(2)29-14)30-27-33-24(31-19-12-16(13-35)22-23(19)38-28(3,4)37-22)21(25(34-27)36-5)26-32-18-8-6-7-9-20(18)39-26/h6-11,16,19,22-23,35H,12-13H2,1-5H3,(H2,29,30,31,33,34)/t16-,19?,22?,23?/m1/s1. The third-order valence-corrected chi connectivity index (χ3v) is 8.11. The van der Waals surface area contributed by atoms with Crippen LogP contribution in [0.15, 0.2) is 36.4 Å². The molecule has 4 aromatic rings. The molecule has 1 saturated heterocycles. The Hall–Kier alpha value is -3.38. The number of aliphatic hydroxyl groups excluding tert-OH is 1. The lowest BCUT2D eigenvalue weighted by molar-refractivity contribution is -0.158. The number of nitrogens with one attached hydrogen (secondary N) is 2. The molecule has 1 aromatic carbocycles. The zero-order chi connectivity index (χ0) is 27.3. The lowest BCUT2D eigenvalue weighted by Gasteiger charge is -2.25. The number of hydrogen-bond acceptors (Lipinski definition) is 11. The van der Waals surface area contributed by atoms with E-state index in [1.165, 1.54) is 0 Å². The van der Waals surface area contributed by atoms with Gasteiger partial charge in [-0.05, 0) is 58.4 Å². The van der Waals surface area contributed by atoms with Crippen molar-refractivity contribution in [2.45, 2.75) is 58.2 Å². The lowest BCUT2D eigenvalue weighted by atomic mass is 10.1. The first-order valence-electron chi connectivity index (χ1n) is 13.0. The highest BCUT2D eigenvalue weighted by Gasteiger charge is 2.54. The molecule has 204 valence electrons. The van der Waals surface area contributed by atoms with E-state index in [9.17, 15) is 5.11 Å². The van der Waals surface area contributed by atoms with Crippen molar-refractivity contribution >= 4 is 39.0 Å². The van der Waals surface area contributed by atoms with Crippen molar-refractivity contribution < 1.29 is 19.3 Å². The van der Waals surface area contributed by atoms with E-state index in [4.69, 9.17) is 29.2 Å². The molecule has 39 heavy (non-hydrogen) atoms. The number of thiazole rings is 1. The number of benzene rings is 1. The van der Waals surface area contributed by atoms with Crippen LogP contribution < -0.4 is 15.4 Å². The smallest absolute Gasteiger partial charge is 0.232 e. The molecule has 11 heteroatoms. The number of aryl methyl sites for hydroxylation is 2. The van der Waals surface area contributed by atoms with Gasteiger partial charge in [0.1, 0.15) is 22.5 Å². The van der Waals surface area contributed by atoms with Crippen LogP contribution in [0, 0.1) is 19.8 Å². The van der Waals surface area contributed by atoms with E-state index < -0.39 is 5.79 Å². The van der Waals surface area contributed by atoms with Gasteiger partial charge in [-0.1, -0.05) is 12.1 Å². The molecule has 1 saturated carbocycles. The first-order chi connectivity index (χ1) is 18.7. The molecule has 1 aliphatic carbocycles. The fraction of sp³-hybridized carbons (Fsp3) is 0.429. The SMILES string of the molecule is COc1nc(Nc2cc(C)nc(C)c2)nc(NC2C[C@H](CO)C3OC(C)(C)OC23)c1-c1nc2ccccc2s1. The predicted molar refractivity (Wildman–Crippen MR) is 151 cm³/mol. The maximum Gasteiger partial charge on any atom is 0.232 e. The van der Waals surface area contributed by atoms with Crippen molar-refractivity contribution in [3.05, 3.63) is 47.8 Å². The summed E-state index contributed by atoms with van der Waals surface area (Å²) in [6.45, 7) is 7.71. The Bertz CT molecular complexity index is 1470. The molecule has 3 aromatic heterocycles. The zero-order valence-corrected chi connectivity index (χ0v) is 23.4. The molecule has 3 N–H and O–H groups in total. The average Bonchev–Trinajstić information content (AvgIpc) is 3.54. The van der Waals surface area contributed by atoms with E-state index in [0.717, 1.165) is 32.3 Å². The fourth-order valence-corrected chi connectivity index (χ4v) is 6.54. The van der Waals surface area contributed by atoms with Crippen molar-refractivity contribution in [1.82, 2.24) is 19.9 Å². The van der Waals surface area contributed by atoms with E-state index >= 15 is 0 Å². The summed E-state index contributed by atoms with van der Waals surface area (Å²) in [7, 11) is 1.59. The number of methoxy groups -OCH3 is 1. The Labute approximate surface area is 230 Å². The summed E-state index contributed by atoms with van der Waals surface area (Å²) in [5.41, 5.74) is 4.18. The summed E-state index contributed by atoms with van der Waals surface area (Å²) >= 11 is 1.55. The second-order valence-electron chi connectivity index (χ2n) is 10.5. The Morgan fingerprint density at radius 2 is 1.79 bits per heavy atom. The van der Waals surface area contributed by atoms with Crippen molar-refractivity contribution in [2.24, 2.45) is 5.92 Å². The molecule has 3 unspecified atom stereocenters. The number of para-hydroxylation sites is 1. The van der Waals surface area contributed by atoms with Crippen molar-refractivity contribution in [3.8, 4) is 16.5 Å². The molecule has 1 aliphatic heterocycles. The number of rotatable bonds is 7. The van der Waals surface area contributed by atoms with E-state index in [-0.39, 0.29) is 30.8 Å². The highest BCUT2D eigenvalue weighted by molar-refractivity contribution is 7.21. The van der Waals surface area contributed by atoms with Gasteiger partial charge >= 0.3 is 0 Å². The molecule has 6 rings (SSSR count). The maximum absolute atomic E-state index is 10.1. The third kappa shape index (κ3) is 5.03. The number of hydrogen-bond donors (Lipinski definition) is 3. The molecule has 10 nitrogen and oxygen atoms in total. The van der Waals surface area contributed by atoms with Gasteiger partial charge in [-0.15, -0.1) is 11.3 Å². The number of nitrogens with zero attached hydrogens (tertiary/aromatic N) is 4. The maximum atomic E-state index is 10.1. The topological polar surface area (TPSA) is 124 Å². The lowest BCUT2D eigenvalue weighted by Crippen LogP contribution is -2.35. The van der Waals surface area contributed by atoms with Crippen LogP contribution in [-0.4, -0.2) is 62.8 Å². The largest absolute Gasteiger partial charge is 0.480 e. The highest BCUT2D eigenvalue weighted by Crippen LogP contribution is 2.45. The van der Waals surface area contributed by atoms with Gasteiger partial charge in [0.2, 0.25) is 11.8 Å². The molecular weight excluding hydrogens is 516 g/mol. The van der Waals surface area contributed by atoms with Crippen molar-refractivity contribution in [2.75, 3.05) is 24.4 Å². The predicted octanol–water partition coefficient (Wildman–Crippen LogP) is 4.83. The highest BCUT2D eigenvalue weighted by atomic mass is 32.1. The first-order valence-corrected chi connectivity index (χ1v) is 13.8. The molecule has 4 heterocycles. The quantitative estimate of drug-likeness (QED) is 0.296. The molecule has 0 spiro atoms. The molecule has 2 aliphatic rings. The summed E-state index contributed by atoms with van der Waals surface area (Å²) in [5.74, 6) is 0.562. The zero-order valence-electron chi connectivity index (χ0n) is 22.6. The molecule has 0 bridgehead atoms. The minimum absolute atomic E-state index is 0.0180. The summed E-state index contributed by atoms with van der Waals surface area (Å²) in [6.07, 6.45) is 0.208. The Kier molecular flexibility index (Phi) is 6.62. The number of aliphatic hydroxyl groups is 1. The van der Waals surface area contributed by atoms with E-state index in [1.54, 1.807) is 18.4 Å². The van der Waals surface area contributed by atoms with Gasteiger partial charge in [0.05, 0.1) is 29.5 Å². The molecule has 0 amide bonds. The van der Waals surface area contributed by atoms with Gasteiger partial charge in [-0.25, -0.2) is 4.98 Å². The van der Waals surface area contributed by atoms with Crippen LogP contribution in [0.3, 0.4) is 0 Å². The normalized spacial score (nSPS) is 23.6. The van der Waals surface area contributed by atoms with E-state index in [2.05, 4.69) is 15.6 Å². The average molecular weight is 549 g/mol. The molecule has 0 radical (unpaired) electrons. The van der Waals surface area contributed by atoms with E-state index in [1.807, 2.05) is 64.1 Å².